The van der Waals surface area contributed by atoms with E-state index in [0.29, 0.717) is 24.9 Å². The van der Waals surface area contributed by atoms with Crippen molar-refractivity contribution in [2.24, 2.45) is 35.5 Å². The van der Waals surface area contributed by atoms with Gasteiger partial charge in [0.1, 0.15) is 0 Å². The summed E-state index contributed by atoms with van der Waals surface area (Å²) >= 11 is 0. The zero-order chi connectivity index (χ0) is 15.1. The molecule has 1 N–H and O–H groups in total. The number of carbonyl (C=O) groups is 2. The first-order chi connectivity index (χ1) is 9.99. The number of carbonyl (C=O) groups excluding carboxylic acids is 1. The molecule has 118 valence electrons. The third-order valence-corrected chi connectivity index (χ3v) is 6.12. The van der Waals surface area contributed by atoms with Gasteiger partial charge in [0, 0.05) is 19.0 Å². The van der Waals surface area contributed by atoms with Crippen molar-refractivity contribution in [3.63, 3.8) is 0 Å². The van der Waals surface area contributed by atoms with E-state index in [1.807, 2.05) is 6.92 Å². The Morgan fingerprint density at radius 2 is 1.62 bits per heavy atom. The van der Waals surface area contributed by atoms with Crippen molar-refractivity contribution in [2.45, 2.75) is 46.0 Å². The van der Waals surface area contributed by atoms with E-state index in [1.165, 1.54) is 32.1 Å². The smallest absolute Gasteiger partial charge is 0.308 e. The Hall–Kier alpha value is -1.06. The molecule has 0 spiro atoms. The Kier molecular flexibility index (Phi) is 3.98. The maximum absolute atomic E-state index is 13.0. The van der Waals surface area contributed by atoms with Crippen LogP contribution in [0.1, 0.15) is 46.0 Å². The molecular weight excluding hydrogens is 266 g/mol. The molecule has 0 aromatic carbocycles. The van der Waals surface area contributed by atoms with E-state index in [0.717, 1.165) is 11.8 Å². The Morgan fingerprint density at radius 3 is 2.05 bits per heavy atom. The van der Waals surface area contributed by atoms with Crippen molar-refractivity contribution in [1.29, 1.82) is 0 Å². The summed E-state index contributed by atoms with van der Waals surface area (Å²) in [4.78, 5) is 25.8. The van der Waals surface area contributed by atoms with Crippen LogP contribution in [0.4, 0.5) is 0 Å². The molecular formula is C17H27NO3. The molecule has 0 aromatic rings. The highest BCUT2D eigenvalue weighted by Gasteiger charge is 2.51. The summed E-state index contributed by atoms with van der Waals surface area (Å²) in [6, 6.07) is 0. The Balaban J connectivity index is 1.70. The highest BCUT2D eigenvalue weighted by atomic mass is 16.4. The van der Waals surface area contributed by atoms with Crippen molar-refractivity contribution < 1.29 is 14.7 Å². The molecule has 1 atom stereocenters. The number of hydrogen-bond donors (Lipinski definition) is 1. The van der Waals surface area contributed by atoms with Crippen LogP contribution in [0.15, 0.2) is 0 Å². The molecule has 4 fully saturated rings. The predicted octanol–water partition coefficient (Wildman–Crippen LogP) is 2.63. The standard InChI is InChI=1S/C17H27NO3/c1-3-18(9-10(2)17(20)21)16(19)15-13-5-11-4-12(7-13)8-14(15)6-11/h10-15H,3-9H2,1-2H3,(H,20,21). The van der Waals surface area contributed by atoms with Crippen molar-refractivity contribution in [1.82, 2.24) is 4.90 Å². The average Bonchev–Trinajstić information content (AvgIpc) is 2.42. The highest BCUT2D eigenvalue weighted by Crippen LogP contribution is 2.56. The minimum absolute atomic E-state index is 0.179. The molecule has 0 aliphatic heterocycles. The lowest BCUT2D eigenvalue weighted by Gasteiger charge is -2.54. The topological polar surface area (TPSA) is 57.6 Å². The first-order valence-electron chi connectivity index (χ1n) is 8.51. The van der Waals surface area contributed by atoms with Gasteiger partial charge in [0.2, 0.25) is 5.91 Å². The quantitative estimate of drug-likeness (QED) is 0.847. The maximum atomic E-state index is 13.0. The van der Waals surface area contributed by atoms with Crippen LogP contribution in [0, 0.1) is 35.5 Å². The second-order valence-corrected chi connectivity index (χ2v) is 7.57. The summed E-state index contributed by atoms with van der Waals surface area (Å²) in [6.07, 6.45) is 6.32. The van der Waals surface area contributed by atoms with E-state index in [2.05, 4.69) is 0 Å². The van der Waals surface area contributed by atoms with E-state index < -0.39 is 11.9 Å². The van der Waals surface area contributed by atoms with E-state index in [1.54, 1.807) is 11.8 Å². The Morgan fingerprint density at radius 1 is 1.10 bits per heavy atom. The van der Waals surface area contributed by atoms with Crippen molar-refractivity contribution >= 4 is 11.9 Å². The van der Waals surface area contributed by atoms with E-state index in [9.17, 15) is 9.59 Å². The zero-order valence-electron chi connectivity index (χ0n) is 13.1. The molecule has 4 aliphatic carbocycles. The first kappa shape index (κ1) is 14.9. The molecule has 0 heterocycles. The summed E-state index contributed by atoms with van der Waals surface area (Å²) in [6.45, 7) is 4.63. The number of carboxylic acid groups (broad SMARTS) is 1. The SMILES string of the molecule is CCN(CC(C)C(=O)O)C(=O)C1C2CC3CC(C2)CC1C3. The van der Waals surface area contributed by atoms with E-state index in [4.69, 9.17) is 5.11 Å². The van der Waals surface area contributed by atoms with Gasteiger partial charge in [0.25, 0.3) is 0 Å². The van der Waals surface area contributed by atoms with Gasteiger partial charge in [-0.1, -0.05) is 6.92 Å². The Bertz CT molecular complexity index is 406. The van der Waals surface area contributed by atoms with Gasteiger partial charge in [-0.15, -0.1) is 0 Å². The average molecular weight is 293 g/mol. The van der Waals surface area contributed by atoms with Crippen LogP contribution in [-0.4, -0.2) is 35.0 Å². The van der Waals surface area contributed by atoms with Gasteiger partial charge in [-0.05, 0) is 62.7 Å². The van der Waals surface area contributed by atoms with Crippen molar-refractivity contribution in [2.75, 3.05) is 13.1 Å². The van der Waals surface area contributed by atoms with Crippen molar-refractivity contribution in [3.05, 3.63) is 0 Å². The van der Waals surface area contributed by atoms with Crippen LogP contribution in [0.25, 0.3) is 0 Å². The molecule has 4 nitrogen and oxygen atoms in total. The molecule has 4 aliphatic rings. The van der Waals surface area contributed by atoms with Gasteiger partial charge in [-0.2, -0.15) is 0 Å². The summed E-state index contributed by atoms with van der Waals surface area (Å²) in [5, 5.41) is 9.08. The molecule has 4 rings (SSSR count). The first-order valence-corrected chi connectivity index (χ1v) is 8.51. The van der Waals surface area contributed by atoms with Crippen LogP contribution in [0.3, 0.4) is 0 Å². The molecule has 4 saturated carbocycles. The van der Waals surface area contributed by atoms with E-state index >= 15 is 0 Å². The number of amides is 1. The molecule has 1 unspecified atom stereocenters. The number of nitrogens with zero attached hydrogens (tertiary/aromatic N) is 1. The molecule has 4 bridgehead atoms. The van der Waals surface area contributed by atoms with Gasteiger partial charge in [-0.25, -0.2) is 0 Å². The fourth-order valence-corrected chi connectivity index (χ4v) is 5.32. The lowest BCUT2D eigenvalue weighted by atomic mass is 9.51. The van der Waals surface area contributed by atoms with E-state index in [-0.39, 0.29) is 11.8 Å². The van der Waals surface area contributed by atoms with Gasteiger partial charge >= 0.3 is 5.97 Å². The monoisotopic (exact) mass is 293 g/mol. The zero-order valence-corrected chi connectivity index (χ0v) is 13.1. The number of hydrogen-bond acceptors (Lipinski definition) is 2. The lowest BCUT2D eigenvalue weighted by Crippen LogP contribution is -2.52. The molecule has 0 aromatic heterocycles. The van der Waals surface area contributed by atoms with Crippen LogP contribution in [-0.2, 0) is 9.59 Å². The van der Waals surface area contributed by atoms with Crippen LogP contribution < -0.4 is 0 Å². The fourth-order valence-electron chi connectivity index (χ4n) is 5.32. The van der Waals surface area contributed by atoms with Gasteiger partial charge in [0.15, 0.2) is 0 Å². The number of rotatable bonds is 5. The van der Waals surface area contributed by atoms with Gasteiger partial charge in [0.05, 0.1) is 5.92 Å². The summed E-state index contributed by atoms with van der Waals surface area (Å²) < 4.78 is 0. The van der Waals surface area contributed by atoms with Crippen molar-refractivity contribution in [3.8, 4) is 0 Å². The second-order valence-electron chi connectivity index (χ2n) is 7.57. The van der Waals surface area contributed by atoms with Crippen LogP contribution in [0.5, 0.6) is 0 Å². The van der Waals surface area contributed by atoms with Crippen LogP contribution in [0.2, 0.25) is 0 Å². The summed E-state index contributed by atoms with van der Waals surface area (Å²) in [5.41, 5.74) is 0. The molecule has 4 heteroatoms. The second kappa shape index (κ2) is 5.62. The minimum Gasteiger partial charge on any atom is -0.481 e. The molecule has 0 saturated heterocycles. The predicted molar refractivity (Wildman–Crippen MR) is 79.6 cm³/mol. The Labute approximate surface area is 126 Å². The third-order valence-electron chi connectivity index (χ3n) is 6.12. The minimum atomic E-state index is -0.814. The fraction of sp³-hybridized carbons (Fsp3) is 0.882. The highest BCUT2D eigenvalue weighted by molar-refractivity contribution is 5.80. The van der Waals surface area contributed by atoms with Crippen LogP contribution >= 0.6 is 0 Å². The maximum Gasteiger partial charge on any atom is 0.308 e. The lowest BCUT2D eigenvalue weighted by molar-refractivity contribution is -0.151. The summed E-state index contributed by atoms with van der Waals surface area (Å²) in [5.74, 6) is 2.00. The van der Waals surface area contributed by atoms with Gasteiger partial charge in [-0.3, -0.25) is 9.59 Å². The summed E-state index contributed by atoms with van der Waals surface area (Å²) in [7, 11) is 0. The molecule has 1 amide bonds. The molecule has 0 radical (unpaired) electrons. The largest absolute Gasteiger partial charge is 0.481 e. The normalized spacial score (nSPS) is 38.3. The number of carboxylic acids is 1. The third kappa shape index (κ3) is 2.69. The molecule has 21 heavy (non-hydrogen) atoms. The number of aliphatic carboxylic acids is 1. The van der Waals surface area contributed by atoms with Gasteiger partial charge < -0.3 is 10.0 Å².